The summed E-state index contributed by atoms with van der Waals surface area (Å²) in [5.74, 6) is -1.32. The average Bonchev–Trinajstić information content (AvgIpc) is 2.76. The smallest absolute Gasteiger partial charge is 0.341 e. The Balaban J connectivity index is 1.74. The molecule has 3 heterocycles. The molecule has 0 aliphatic carbocycles. The van der Waals surface area contributed by atoms with Gasteiger partial charge in [0.25, 0.3) is 0 Å². The zero-order valence-corrected chi connectivity index (χ0v) is 15.4. The molecule has 0 fully saturated rings. The van der Waals surface area contributed by atoms with Gasteiger partial charge in [0.2, 0.25) is 0 Å². The minimum Gasteiger partial charge on any atom is -0.465 e. The number of aromatic nitrogens is 3. The van der Waals surface area contributed by atoms with Crippen molar-refractivity contribution in [2.75, 3.05) is 17.7 Å². The van der Waals surface area contributed by atoms with Gasteiger partial charge in [-0.3, -0.25) is 9.97 Å². The number of nitrogens with zero attached hydrogens (tertiary/aromatic N) is 3. The number of pyridine rings is 3. The van der Waals surface area contributed by atoms with Crippen LogP contribution in [-0.2, 0) is 4.74 Å². The van der Waals surface area contributed by atoms with E-state index in [2.05, 4.69) is 25.6 Å². The molecule has 144 valence electrons. The minimum atomic E-state index is -0.708. The highest BCUT2D eigenvalue weighted by molar-refractivity contribution is 5.96. The Morgan fingerprint density at radius 2 is 1.83 bits per heavy atom. The molecule has 4 aromatic rings. The normalized spacial score (nSPS) is 10.6. The predicted molar refractivity (Wildman–Crippen MR) is 108 cm³/mol. The number of para-hydroxylation sites is 1. The van der Waals surface area contributed by atoms with Crippen LogP contribution in [0, 0.1) is 5.82 Å². The van der Waals surface area contributed by atoms with Gasteiger partial charge < -0.3 is 15.4 Å². The molecule has 0 unspecified atom stereocenters. The van der Waals surface area contributed by atoms with Gasteiger partial charge in [-0.1, -0.05) is 18.2 Å². The second-order valence-corrected chi connectivity index (χ2v) is 6.11. The van der Waals surface area contributed by atoms with Gasteiger partial charge in [0.1, 0.15) is 11.4 Å². The first-order valence-electron chi connectivity index (χ1n) is 8.72. The molecule has 0 aliphatic rings. The number of carbonyl (C=O) groups is 1. The molecule has 0 radical (unpaired) electrons. The summed E-state index contributed by atoms with van der Waals surface area (Å²) in [6.07, 6.45) is 4.76. The summed E-state index contributed by atoms with van der Waals surface area (Å²) in [5, 5.41) is 6.80. The summed E-state index contributed by atoms with van der Waals surface area (Å²) in [6, 6.07) is 14.0. The van der Waals surface area contributed by atoms with E-state index in [-0.39, 0.29) is 17.2 Å². The highest BCUT2D eigenvalue weighted by atomic mass is 19.1. The van der Waals surface area contributed by atoms with Crippen LogP contribution in [0.1, 0.15) is 10.4 Å². The van der Waals surface area contributed by atoms with Crippen molar-refractivity contribution >= 4 is 39.9 Å². The summed E-state index contributed by atoms with van der Waals surface area (Å²) in [5.41, 5.74) is 1.95. The van der Waals surface area contributed by atoms with Crippen molar-refractivity contribution in [2.45, 2.75) is 0 Å². The molecular formula is C21H16FN5O2. The van der Waals surface area contributed by atoms with E-state index in [1.807, 2.05) is 30.3 Å². The first kappa shape index (κ1) is 18.3. The van der Waals surface area contributed by atoms with E-state index in [1.165, 1.54) is 13.3 Å². The van der Waals surface area contributed by atoms with E-state index in [1.54, 1.807) is 24.5 Å². The fourth-order valence-electron chi connectivity index (χ4n) is 2.79. The highest BCUT2D eigenvalue weighted by Crippen LogP contribution is 2.27. The number of halogens is 1. The average molecular weight is 389 g/mol. The van der Waals surface area contributed by atoms with Crippen LogP contribution in [0.25, 0.3) is 10.9 Å². The van der Waals surface area contributed by atoms with E-state index in [0.29, 0.717) is 11.4 Å². The van der Waals surface area contributed by atoms with Crippen LogP contribution in [0.3, 0.4) is 0 Å². The van der Waals surface area contributed by atoms with Crippen molar-refractivity contribution in [1.82, 2.24) is 15.0 Å². The summed E-state index contributed by atoms with van der Waals surface area (Å²) >= 11 is 0. The first-order valence-corrected chi connectivity index (χ1v) is 8.72. The Morgan fingerprint density at radius 3 is 2.62 bits per heavy atom. The number of nitrogens with one attached hydrogen (secondary N) is 2. The summed E-state index contributed by atoms with van der Waals surface area (Å²) in [7, 11) is 1.23. The number of rotatable bonds is 5. The van der Waals surface area contributed by atoms with Gasteiger partial charge in [-0.15, -0.1) is 0 Å². The number of ether oxygens (including phenoxy) is 1. The van der Waals surface area contributed by atoms with Crippen molar-refractivity contribution in [2.24, 2.45) is 0 Å². The molecule has 0 saturated carbocycles. The number of anilines is 4. The Labute approximate surface area is 165 Å². The molecule has 4 rings (SSSR count). The fourth-order valence-corrected chi connectivity index (χ4v) is 2.79. The molecule has 0 amide bonds. The van der Waals surface area contributed by atoms with E-state index >= 15 is 0 Å². The number of hydrogen-bond donors (Lipinski definition) is 2. The fraction of sp³-hybridized carbons (Fsp3) is 0.0476. The number of esters is 1. The monoisotopic (exact) mass is 389 g/mol. The van der Waals surface area contributed by atoms with Gasteiger partial charge in [0.05, 0.1) is 36.4 Å². The number of benzene rings is 1. The van der Waals surface area contributed by atoms with Crippen LogP contribution in [0.4, 0.5) is 27.4 Å². The third-order valence-electron chi connectivity index (χ3n) is 4.16. The largest absolute Gasteiger partial charge is 0.465 e. The second kappa shape index (κ2) is 7.89. The Kier molecular flexibility index (Phi) is 4.98. The number of carbonyl (C=O) groups excluding carboxylic acids is 1. The molecule has 0 bridgehead atoms. The lowest BCUT2D eigenvalue weighted by atomic mass is 10.2. The molecule has 0 aliphatic heterocycles. The first-order chi connectivity index (χ1) is 14.1. The molecule has 1 aromatic carbocycles. The maximum absolute atomic E-state index is 14.6. The van der Waals surface area contributed by atoms with Gasteiger partial charge >= 0.3 is 5.97 Å². The minimum absolute atomic E-state index is 0.0325. The van der Waals surface area contributed by atoms with E-state index in [0.717, 1.165) is 17.0 Å². The molecule has 7 nitrogen and oxygen atoms in total. The van der Waals surface area contributed by atoms with E-state index < -0.39 is 11.8 Å². The Bertz CT molecular complexity index is 1180. The van der Waals surface area contributed by atoms with Crippen molar-refractivity contribution < 1.29 is 13.9 Å². The topological polar surface area (TPSA) is 89.0 Å². The zero-order chi connectivity index (χ0) is 20.2. The zero-order valence-electron chi connectivity index (χ0n) is 15.4. The third-order valence-corrected chi connectivity index (χ3v) is 4.16. The Morgan fingerprint density at radius 1 is 1.00 bits per heavy atom. The molecule has 0 saturated heterocycles. The van der Waals surface area contributed by atoms with Crippen molar-refractivity contribution in [3.63, 3.8) is 0 Å². The predicted octanol–water partition coefficient (Wildman–Crippen LogP) is 4.44. The second-order valence-electron chi connectivity index (χ2n) is 6.11. The van der Waals surface area contributed by atoms with Crippen molar-refractivity contribution in [1.29, 1.82) is 0 Å². The summed E-state index contributed by atoms with van der Waals surface area (Å²) in [6.45, 7) is 0. The molecule has 29 heavy (non-hydrogen) atoms. The lowest BCUT2D eigenvalue weighted by Crippen LogP contribution is -2.10. The van der Waals surface area contributed by atoms with Gasteiger partial charge in [-0.25, -0.2) is 14.2 Å². The molecular weight excluding hydrogens is 373 g/mol. The molecule has 8 heteroatoms. The third kappa shape index (κ3) is 3.96. The van der Waals surface area contributed by atoms with Gasteiger partial charge in [-0.05, 0) is 30.3 Å². The lowest BCUT2D eigenvalue weighted by molar-refractivity contribution is 0.0601. The van der Waals surface area contributed by atoms with Crippen LogP contribution in [0.5, 0.6) is 0 Å². The van der Waals surface area contributed by atoms with Crippen LogP contribution < -0.4 is 10.6 Å². The molecule has 0 atom stereocenters. The summed E-state index contributed by atoms with van der Waals surface area (Å²) in [4.78, 5) is 24.8. The quantitative estimate of drug-likeness (QED) is 0.488. The maximum atomic E-state index is 14.6. The van der Waals surface area contributed by atoms with E-state index in [4.69, 9.17) is 4.74 Å². The SMILES string of the molecule is COC(=O)c1cc(F)c(Nc2cccnc2)nc1Nc1cnc2ccccc2c1. The molecule has 0 spiro atoms. The van der Waals surface area contributed by atoms with Gasteiger partial charge in [0, 0.05) is 11.6 Å². The van der Waals surface area contributed by atoms with E-state index in [9.17, 15) is 9.18 Å². The van der Waals surface area contributed by atoms with Crippen LogP contribution >= 0.6 is 0 Å². The molecule has 2 N–H and O–H groups in total. The van der Waals surface area contributed by atoms with Crippen molar-refractivity contribution in [3.05, 3.63) is 78.5 Å². The number of hydrogen-bond acceptors (Lipinski definition) is 7. The highest BCUT2D eigenvalue weighted by Gasteiger charge is 2.19. The lowest BCUT2D eigenvalue weighted by Gasteiger charge is -2.14. The van der Waals surface area contributed by atoms with Gasteiger partial charge in [0.15, 0.2) is 11.6 Å². The Hall–Kier alpha value is -4.07. The number of fused-ring (bicyclic) bond motifs is 1. The van der Waals surface area contributed by atoms with Crippen LogP contribution in [0.2, 0.25) is 0 Å². The van der Waals surface area contributed by atoms with Gasteiger partial charge in [-0.2, -0.15) is 0 Å². The number of methoxy groups -OCH3 is 1. The van der Waals surface area contributed by atoms with Crippen LogP contribution in [-0.4, -0.2) is 28.0 Å². The molecule has 3 aromatic heterocycles. The van der Waals surface area contributed by atoms with Crippen molar-refractivity contribution in [3.8, 4) is 0 Å². The maximum Gasteiger partial charge on any atom is 0.341 e. The summed E-state index contributed by atoms with van der Waals surface area (Å²) < 4.78 is 19.3. The standard InChI is InChI=1S/C21H16FN5O2/c1-29-21(28)16-10-17(22)20(25-14-6-4-8-23-11-14)27-19(16)26-15-9-13-5-2-3-7-18(13)24-12-15/h2-12H,1H3,(H2,25,26,27). The van der Waals surface area contributed by atoms with Crippen LogP contribution in [0.15, 0.2) is 67.1 Å².